The number of rotatable bonds is 4. The molecule has 0 saturated carbocycles. The Balaban J connectivity index is 1.76. The minimum atomic E-state index is -0.637. The Morgan fingerprint density at radius 2 is 2.08 bits per heavy atom. The van der Waals surface area contributed by atoms with E-state index in [1.54, 1.807) is 41.5 Å². The summed E-state index contributed by atoms with van der Waals surface area (Å²) in [5.41, 5.74) is 0.315. The molecule has 0 radical (unpaired) electrons. The number of imidazole rings is 1. The molecule has 0 bridgehead atoms. The minimum absolute atomic E-state index is 0.0316. The second-order valence-corrected chi connectivity index (χ2v) is 5.33. The summed E-state index contributed by atoms with van der Waals surface area (Å²) in [5.74, 6) is -0.0957. The molecule has 3 aromatic heterocycles. The number of halogens is 1. The molecule has 0 aliphatic heterocycles. The van der Waals surface area contributed by atoms with Gasteiger partial charge in [-0.2, -0.15) is 9.50 Å². The van der Waals surface area contributed by atoms with Gasteiger partial charge in [-0.25, -0.2) is 9.37 Å². The number of nitrogens with one attached hydrogen (secondary N) is 1. The Kier molecular flexibility index (Phi) is 3.81. The zero-order valence-electron chi connectivity index (χ0n) is 13.6. The van der Waals surface area contributed by atoms with E-state index in [0.717, 1.165) is 0 Å². The van der Waals surface area contributed by atoms with Gasteiger partial charge in [-0.3, -0.25) is 14.7 Å². The van der Waals surface area contributed by atoms with Crippen LogP contribution in [0.15, 0.2) is 55.1 Å². The first kappa shape index (κ1) is 15.8. The van der Waals surface area contributed by atoms with Gasteiger partial charge in [0, 0.05) is 12.4 Å². The van der Waals surface area contributed by atoms with Crippen molar-refractivity contribution in [2.75, 3.05) is 12.4 Å². The Labute approximate surface area is 146 Å². The minimum Gasteiger partial charge on any atom is -0.493 e. The number of benzene rings is 1. The van der Waals surface area contributed by atoms with Crippen LogP contribution in [0.2, 0.25) is 0 Å². The van der Waals surface area contributed by atoms with Crippen LogP contribution in [0, 0.1) is 5.82 Å². The number of carbonyl (C=O) groups is 1. The molecule has 0 unspecified atom stereocenters. The van der Waals surface area contributed by atoms with Crippen molar-refractivity contribution in [1.29, 1.82) is 0 Å². The molecule has 8 nitrogen and oxygen atoms in total. The number of methoxy groups -OCH3 is 1. The quantitative estimate of drug-likeness (QED) is 0.609. The van der Waals surface area contributed by atoms with Crippen molar-refractivity contribution in [2.24, 2.45) is 0 Å². The average Bonchev–Trinajstić information content (AvgIpc) is 3.30. The van der Waals surface area contributed by atoms with E-state index in [4.69, 9.17) is 4.74 Å². The first-order chi connectivity index (χ1) is 12.7. The van der Waals surface area contributed by atoms with Crippen LogP contribution in [0.4, 0.5) is 10.3 Å². The number of anilines is 1. The van der Waals surface area contributed by atoms with Crippen LogP contribution < -0.4 is 10.1 Å². The Hall–Kier alpha value is -3.75. The van der Waals surface area contributed by atoms with Crippen LogP contribution in [0.1, 0.15) is 10.4 Å². The highest BCUT2D eigenvalue weighted by Gasteiger charge is 2.17. The van der Waals surface area contributed by atoms with E-state index in [2.05, 4.69) is 20.4 Å². The van der Waals surface area contributed by atoms with Crippen molar-refractivity contribution >= 4 is 17.5 Å². The maximum atomic E-state index is 13.8. The SMILES string of the molecule is COc1ccc(-n2ccnc2)n2nc(NC(=O)c3ccccc3F)nc12. The van der Waals surface area contributed by atoms with Crippen molar-refractivity contribution in [1.82, 2.24) is 24.1 Å². The number of hydrogen-bond acceptors (Lipinski definition) is 5. The second-order valence-electron chi connectivity index (χ2n) is 5.33. The van der Waals surface area contributed by atoms with Crippen LogP contribution in [-0.2, 0) is 0 Å². The zero-order valence-corrected chi connectivity index (χ0v) is 13.6. The highest BCUT2D eigenvalue weighted by Crippen LogP contribution is 2.23. The van der Waals surface area contributed by atoms with Crippen LogP contribution in [0.5, 0.6) is 5.75 Å². The monoisotopic (exact) mass is 352 g/mol. The molecule has 1 amide bonds. The molecule has 9 heteroatoms. The Bertz CT molecular complexity index is 1090. The van der Waals surface area contributed by atoms with Crippen molar-refractivity contribution in [2.45, 2.75) is 0 Å². The van der Waals surface area contributed by atoms with Crippen molar-refractivity contribution in [3.05, 3.63) is 66.5 Å². The summed E-state index contributed by atoms with van der Waals surface area (Å²) in [6.45, 7) is 0. The molecule has 26 heavy (non-hydrogen) atoms. The van der Waals surface area contributed by atoms with E-state index in [9.17, 15) is 9.18 Å². The second kappa shape index (κ2) is 6.28. The normalized spacial score (nSPS) is 10.8. The van der Waals surface area contributed by atoms with Crippen molar-refractivity contribution < 1.29 is 13.9 Å². The van der Waals surface area contributed by atoms with Gasteiger partial charge in [-0.1, -0.05) is 12.1 Å². The summed E-state index contributed by atoms with van der Waals surface area (Å²) in [6.07, 6.45) is 4.99. The first-order valence-electron chi connectivity index (χ1n) is 7.65. The molecule has 130 valence electrons. The largest absolute Gasteiger partial charge is 0.493 e. The fourth-order valence-corrected chi connectivity index (χ4v) is 2.54. The van der Waals surface area contributed by atoms with Gasteiger partial charge in [-0.15, -0.1) is 5.10 Å². The summed E-state index contributed by atoms with van der Waals surface area (Å²) in [7, 11) is 1.51. The highest BCUT2D eigenvalue weighted by atomic mass is 19.1. The maximum Gasteiger partial charge on any atom is 0.261 e. The summed E-state index contributed by atoms with van der Waals surface area (Å²) >= 11 is 0. The van der Waals surface area contributed by atoms with Gasteiger partial charge in [0.2, 0.25) is 11.6 Å². The van der Waals surface area contributed by atoms with Crippen molar-refractivity contribution in [3.8, 4) is 11.6 Å². The van der Waals surface area contributed by atoms with E-state index in [-0.39, 0.29) is 11.5 Å². The predicted octanol–water partition coefficient (Wildman–Crippen LogP) is 2.32. The van der Waals surface area contributed by atoms with E-state index in [0.29, 0.717) is 17.2 Å². The van der Waals surface area contributed by atoms with Gasteiger partial charge in [0.25, 0.3) is 5.91 Å². The smallest absolute Gasteiger partial charge is 0.261 e. The lowest BCUT2D eigenvalue weighted by Crippen LogP contribution is -2.14. The predicted molar refractivity (Wildman–Crippen MR) is 91.0 cm³/mol. The van der Waals surface area contributed by atoms with Gasteiger partial charge < -0.3 is 4.74 Å². The highest BCUT2D eigenvalue weighted by molar-refractivity contribution is 6.03. The molecule has 0 atom stereocenters. The molecule has 0 saturated heterocycles. The third kappa shape index (κ3) is 2.65. The Morgan fingerprint density at radius 1 is 1.23 bits per heavy atom. The number of hydrogen-bond donors (Lipinski definition) is 1. The molecular formula is C17H13FN6O2. The number of ether oxygens (including phenoxy) is 1. The molecule has 0 aliphatic rings. The molecule has 4 aromatic rings. The molecule has 1 aromatic carbocycles. The first-order valence-corrected chi connectivity index (χ1v) is 7.65. The van der Waals surface area contributed by atoms with E-state index >= 15 is 0 Å². The third-order valence-electron chi connectivity index (χ3n) is 3.76. The maximum absolute atomic E-state index is 13.8. The van der Waals surface area contributed by atoms with E-state index in [1.807, 2.05) is 0 Å². The van der Waals surface area contributed by atoms with Crippen LogP contribution >= 0.6 is 0 Å². The molecule has 4 rings (SSSR count). The van der Waals surface area contributed by atoms with Crippen molar-refractivity contribution in [3.63, 3.8) is 0 Å². The molecule has 1 N–H and O–H groups in total. The average molecular weight is 352 g/mol. The van der Waals surface area contributed by atoms with Gasteiger partial charge in [0.1, 0.15) is 18.0 Å². The summed E-state index contributed by atoms with van der Waals surface area (Å²) < 4.78 is 22.3. The number of pyridine rings is 1. The zero-order chi connectivity index (χ0) is 18.1. The fourth-order valence-electron chi connectivity index (χ4n) is 2.54. The summed E-state index contributed by atoms with van der Waals surface area (Å²) in [6, 6.07) is 9.21. The number of nitrogens with zero attached hydrogens (tertiary/aromatic N) is 5. The fraction of sp³-hybridized carbons (Fsp3) is 0.0588. The lowest BCUT2D eigenvalue weighted by Gasteiger charge is -2.06. The van der Waals surface area contributed by atoms with E-state index < -0.39 is 11.7 Å². The topological polar surface area (TPSA) is 86.3 Å². The molecular weight excluding hydrogens is 339 g/mol. The number of aromatic nitrogens is 5. The summed E-state index contributed by atoms with van der Waals surface area (Å²) in [4.78, 5) is 20.6. The summed E-state index contributed by atoms with van der Waals surface area (Å²) in [5, 5.41) is 6.80. The molecule has 3 heterocycles. The lowest BCUT2D eigenvalue weighted by molar-refractivity contribution is 0.102. The van der Waals surface area contributed by atoms with Crippen LogP contribution in [0.3, 0.4) is 0 Å². The number of amides is 1. The van der Waals surface area contributed by atoms with E-state index in [1.165, 1.54) is 29.8 Å². The lowest BCUT2D eigenvalue weighted by atomic mass is 10.2. The molecule has 0 aliphatic carbocycles. The Morgan fingerprint density at radius 3 is 2.81 bits per heavy atom. The number of carbonyl (C=O) groups excluding carboxylic acids is 1. The van der Waals surface area contributed by atoms with Gasteiger partial charge in [0.05, 0.1) is 12.7 Å². The number of fused-ring (bicyclic) bond motifs is 1. The van der Waals surface area contributed by atoms with Gasteiger partial charge in [-0.05, 0) is 24.3 Å². The standard InChI is InChI=1S/C17H13FN6O2/c1-26-13-6-7-14(23-9-8-19-10-23)24-15(13)20-17(22-24)21-16(25)11-4-2-3-5-12(11)18/h2-10H,1H3,(H,21,22,25). The van der Waals surface area contributed by atoms with Crippen LogP contribution in [-0.4, -0.2) is 37.2 Å². The van der Waals surface area contributed by atoms with Gasteiger partial charge >= 0.3 is 0 Å². The molecule has 0 fully saturated rings. The third-order valence-corrected chi connectivity index (χ3v) is 3.76. The van der Waals surface area contributed by atoms with Gasteiger partial charge in [0.15, 0.2) is 5.75 Å². The molecule has 0 spiro atoms. The van der Waals surface area contributed by atoms with Crippen LogP contribution in [0.25, 0.3) is 11.5 Å².